The molecule has 0 saturated heterocycles. The largest absolute Gasteiger partial charge is 0.325 e. The minimum absolute atomic E-state index is 0.154. The lowest BCUT2D eigenvalue weighted by molar-refractivity contribution is -0.115. The Morgan fingerprint density at radius 3 is 3.00 bits per heavy atom. The van der Waals surface area contributed by atoms with Crippen molar-refractivity contribution in [3.63, 3.8) is 0 Å². The van der Waals surface area contributed by atoms with Crippen LogP contribution in [0.4, 0.5) is 5.69 Å². The Bertz CT molecular complexity index is 812. The first kappa shape index (κ1) is 12.9. The molecule has 0 fully saturated rings. The molecule has 1 aromatic carbocycles. The minimum Gasteiger partial charge on any atom is -0.325 e. The van der Waals surface area contributed by atoms with E-state index in [1.54, 1.807) is 6.07 Å². The number of aromatic nitrogens is 2. The summed E-state index contributed by atoms with van der Waals surface area (Å²) in [6.07, 6.45) is 3.72. The number of amides is 1. The fraction of sp³-hybridized carbons (Fsp3) is 0.0625. The van der Waals surface area contributed by atoms with Crippen molar-refractivity contribution >= 4 is 17.2 Å². The van der Waals surface area contributed by atoms with Gasteiger partial charge in [-0.2, -0.15) is 5.26 Å². The number of rotatable bonds is 3. The van der Waals surface area contributed by atoms with E-state index in [4.69, 9.17) is 5.26 Å². The van der Waals surface area contributed by atoms with Crippen LogP contribution >= 0.6 is 0 Å². The highest BCUT2D eigenvalue weighted by Gasteiger charge is 2.06. The van der Waals surface area contributed by atoms with Gasteiger partial charge in [0.2, 0.25) is 5.91 Å². The molecule has 1 N–H and O–H groups in total. The van der Waals surface area contributed by atoms with Gasteiger partial charge in [-0.1, -0.05) is 18.2 Å². The number of nitrogens with zero attached hydrogens (tertiary/aromatic N) is 3. The molecule has 21 heavy (non-hydrogen) atoms. The topological polar surface area (TPSA) is 70.2 Å². The molecule has 0 saturated carbocycles. The fourth-order valence-electron chi connectivity index (χ4n) is 2.11. The van der Waals surface area contributed by atoms with Crippen LogP contribution in [0.25, 0.3) is 16.9 Å². The standard InChI is InChI=1S/C16H12N4O/c17-8-7-16(21)18-13-5-3-4-12(10-13)14-11-20-9-2-1-6-15(20)19-14/h1-6,9-11H,7H2,(H,18,21). The molecule has 0 bridgehead atoms. The second kappa shape index (κ2) is 5.47. The number of imidazole rings is 1. The summed E-state index contributed by atoms with van der Waals surface area (Å²) in [5.41, 5.74) is 3.27. The Labute approximate surface area is 121 Å². The summed E-state index contributed by atoms with van der Waals surface area (Å²) >= 11 is 0. The zero-order valence-corrected chi connectivity index (χ0v) is 11.2. The van der Waals surface area contributed by atoms with Crippen LogP contribution in [0, 0.1) is 11.3 Å². The molecular weight excluding hydrogens is 264 g/mol. The Morgan fingerprint density at radius 2 is 2.19 bits per heavy atom. The molecule has 2 heterocycles. The Morgan fingerprint density at radius 1 is 1.29 bits per heavy atom. The van der Waals surface area contributed by atoms with Crippen molar-refractivity contribution in [3.05, 3.63) is 54.9 Å². The second-order valence-corrected chi connectivity index (χ2v) is 4.56. The molecular formula is C16H12N4O. The quantitative estimate of drug-likeness (QED) is 0.799. The number of nitrogens with one attached hydrogen (secondary N) is 1. The normalized spacial score (nSPS) is 10.2. The summed E-state index contributed by atoms with van der Waals surface area (Å²) in [5.74, 6) is -0.315. The first-order chi connectivity index (χ1) is 10.3. The first-order valence-electron chi connectivity index (χ1n) is 6.47. The summed E-state index contributed by atoms with van der Waals surface area (Å²) in [7, 11) is 0. The molecule has 5 heteroatoms. The lowest BCUT2D eigenvalue weighted by Crippen LogP contribution is -2.09. The highest BCUT2D eigenvalue weighted by atomic mass is 16.1. The average molecular weight is 276 g/mol. The lowest BCUT2D eigenvalue weighted by Gasteiger charge is -2.04. The molecule has 0 spiro atoms. The molecule has 5 nitrogen and oxygen atoms in total. The number of anilines is 1. The van der Waals surface area contributed by atoms with Crippen LogP contribution in [0.15, 0.2) is 54.9 Å². The van der Waals surface area contributed by atoms with E-state index in [1.807, 2.05) is 59.3 Å². The average Bonchev–Trinajstić information content (AvgIpc) is 2.91. The Kier molecular flexibility index (Phi) is 3.36. The van der Waals surface area contributed by atoms with Crippen LogP contribution in [-0.2, 0) is 4.79 Å². The number of benzene rings is 1. The highest BCUT2D eigenvalue weighted by molar-refractivity contribution is 5.92. The SMILES string of the molecule is N#CCC(=O)Nc1cccc(-c2cn3ccccc3n2)c1. The monoisotopic (exact) mass is 276 g/mol. The third kappa shape index (κ3) is 2.74. The number of carbonyl (C=O) groups excluding carboxylic acids is 1. The van der Waals surface area contributed by atoms with Crippen molar-refractivity contribution in [3.8, 4) is 17.3 Å². The Hall–Kier alpha value is -3.13. The van der Waals surface area contributed by atoms with Crippen molar-refractivity contribution in [2.75, 3.05) is 5.32 Å². The van der Waals surface area contributed by atoms with Crippen LogP contribution in [0.3, 0.4) is 0 Å². The van der Waals surface area contributed by atoms with Crippen LogP contribution in [0.2, 0.25) is 0 Å². The van der Waals surface area contributed by atoms with E-state index < -0.39 is 0 Å². The summed E-state index contributed by atoms with van der Waals surface area (Å²) in [5, 5.41) is 11.2. The molecule has 0 aliphatic rings. The molecule has 0 unspecified atom stereocenters. The van der Waals surface area contributed by atoms with E-state index in [-0.39, 0.29) is 12.3 Å². The predicted octanol–water partition coefficient (Wildman–Crippen LogP) is 2.85. The highest BCUT2D eigenvalue weighted by Crippen LogP contribution is 2.22. The van der Waals surface area contributed by atoms with Gasteiger partial charge < -0.3 is 9.72 Å². The zero-order valence-electron chi connectivity index (χ0n) is 11.2. The molecule has 1 amide bonds. The second-order valence-electron chi connectivity index (χ2n) is 4.56. The van der Waals surface area contributed by atoms with Gasteiger partial charge in [0.15, 0.2) is 0 Å². The fourth-order valence-corrected chi connectivity index (χ4v) is 2.11. The third-order valence-electron chi connectivity index (χ3n) is 3.05. The number of hydrogen-bond acceptors (Lipinski definition) is 3. The summed E-state index contributed by atoms with van der Waals surface area (Å²) in [4.78, 5) is 16.0. The van der Waals surface area contributed by atoms with E-state index in [0.29, 0.717) is 5.69 Å². The van der Waals surface area contributed by atoms with Gasteiger partial charge in [-0.25, -0.2) is 4.98 Å². The van der Waals surface area contributed by atoms with Crippen molar-refractivity contribution in [1.29, 1.82) is 5.26 Å². The van der Waals surface area contributed by atoms with E-state index in [1.165, 1.54) is 0 Å². The predicted molar refractivity (Wildman–Crippen MR) is 79.5 cm³/mol. The van der Waals surface area contributed by atoms with Gasteiger partial charge in [-0.05, 0) is 24.3 Å². The van der Waals surface area contributed by atoms with Crippen LogP contribution in [0.5, 0.6) is 0 Å². The third-order valence-corrected chi connectivity index (χ3v) is 3.05. The van der Waals surface area contributed by atoms with Gasteiger partial charge in [0.05, 0.1) is 11.8 Å². The maximum absolute atomic E-state index is 11.4. The number of nitriles is 1. The summed E-state index contributed by atoms with van der Waals surface area (Å²) in [6.45, 7) is 0. The van der Waals surface area contributed by atoms with E-state index >= 15 is 0 Å². The van der Waals surface area contributed by atoms with Gasteiger partial charge in [0, 0.05) is 23.6 Å². The van der Waals surface area contributed by atoms with E-state index in [9.17, 15) is 4.79 Å². The maximum atomic E-state index is 11.4. The van der Waals surface area contributed by atoms with Gasteiger partial charge in [-0.15, -0.1) is 0 Å². The van der Waals surface area contributed by atoms with Crippen LogP contribution in [0.1, 0.15) is 6.42 Å². The number of carbonyl (C=O) groups is 1. The molecule has 3 aromatic rings. The minimum atomic E-state index is -0.315. The molecule has 2 aromatic heterocycles. The van der Waals surface area contributed by atoms with Gasteiger partial charge in [0.25, 0.3) is 0 Å². The van der Waals surface area contributed by atoms with E-state index in [0.717, 1.165) is 16.9 Å². The molecule has 102 valence electrons. The molecule has 0 atom stereocenters. The molecule has 0 radical (unpaired) electrons. The number of hydrogen-bond donors (Lipinski definition) is 1. The molecule has 3 rings (SSSR count). The first-order valence-corrected chi connectivity index (χ1v) is 6.47. The van der Waals surface area contributed by atoms with Crippen molar-refractivity contribution in [2.24, 2.45) is 0 Å². The smallest absolute Gasteiger partial charge is 0.238 e. The van der Waals surface area contributed by atoms with Crippen molar-refractivity contribution in [1.82, 2.24) is 9.38 Å². The van der Waals surface area contributed by atoms with Crippen LogP contribution in [-0.4, -0.2) is 15.3 Å². The summed E-state index contributed by atoms with van der Waals surface area (Å²) in [6, 6.07) is 15.0. The maximum Gasteiger partial charge on any atom is 0.238 e. The lowest BCUT2D eigenvalue weighted by atomic mass is 10.1. The van der Waals surface area contributed by atoms with Crippen molar-refractivity contribution < 1.29 is 4.79 Å². The van der Waals surface area contributed by atoms with Crippen LogP contribution < -0.4 is 5.32 Å². The molecule has 0 aliphatic carbocycles. The Balaban J connectivity index is 1.92. The van der Waals surface area contributed by atoms with E-state index in [2.05, 4.69) is 10.3 Å². The van der Waals surface area contributed by atoms with Crippen molar-refractivity contribution in [2.45, 2.75) is 6.42 Å². The number of pyridine rings is 1. The van der Waals surface area contributed by atoms with Gasteiger partial charge in [-0.3, -0.25) is 4.79 Å². The summed E-state index contributed by atoms with van der Waals surface area (Å²) < 4.78 is 1.94. The van der Waals surface area contributed by atoms with Gasteiger partial charge in [0.1, 0.15) is 12.1 Å². The molecule has 0 aliphatic heterocycles. The zero-order chi connectivity index (χ0) is 14.7. The van der Waals surface area contributed by atoms with Gasteiger partial charge >= 0.3 is 0 Å². The number of fused-ring (bicyclic) bond motifs is 1.